The quantitative estimate of drug-likeness (QED) is 0.945. The molecule has 1 N–H and O–H groups in total. The summed E-state index contributed by atoms with van der Waals surface area (Å²) in [5.74, 6) is 0.718. The predicted octanol–water partition coefficient (Wildman–Crippen LogP) is 2.38. The first kappa shape index (κ1) is 13.8. The van der Waals surface area contributed by atoms with Crippen molar-refractivity contribution in [3.63, 3.8) is 0 Å². The molecule has 1 unspecified atom stereocenters. The van der Waals surface area contributed by atoms with Gasteiger partial charge in [0.1, 0.15) is 0 Å². The van der Waals surface area contributed by atoms with Crippen LogP contribution in [0.15, 0.2) is 30.7 Å². The van der Waals surface area contributed by atoms with E-state index in [9.17, 15) is 4.79 Å². The van der Waals surface area contributed by atoms with Crippen LogP contribution < -0.4 is 5.32 Å². The summed E-state index contributed by atoms with van der Waals surface area (Å²) in [5, 5.41) is 3.68. The van der Waals surface area contributed by atoms with Gasteiger partial charge in [0.2, 0.25) is 0 Å². The van der Waals surface area contributed by atoms with E-state index < -0.39 is 0 Å². The molecule has 5 rings (SSSR count). The van der Waals surface area contributed by atoms with Crippen molar-refractivity contribution >= 4 is 17.2 Å². The van der Waals surface area contributed by atoms with Gasteiger partial charge in [-0.05, 0) is 31.2 Å². The molecule has 0 spiro atoms. The summed E-state index contributed by atoms with van der Waals surface area (Å²) in [6.07, 6.45) is 9.09. The van der Waals surface area contributed by atoms with Crippen LogP contribution in [0.25, 0.3) is 10.4 Å². The number of hydrogen-bond donors (Lipinski definition) is 1. The van der Waals surface area contributed by atoms with Gasteiger partial charge in [0, 0.05) is 37.2 Å². The van der Waals surface area contributed by atoms with E-state index in [1.54, 1.807) is 18.6 Å². The number of aromatic nitrogens is 2. The third-order valence-corrected chi connectivity index (χ3v) is 5.64. The monoisotopic (exact) mass is 314 g/mol. The summed E-state index contributed by atoms with van der Waals surface area (Å²) in [4.78, 5) is 24.2. The first-order chi connectivity index (χ1) is 10.8. The van der Waals surface area contributed by atoms with Crippen molar-refractivity contribution in [2.45, 2.75) is 25.4 Å². The lowest BCUT2D eigenvalue weighted by molar-refractivity contribution is 0.0295. The molecule has 3 aliphatic rings. The maximum atomic E-state index is 12.4. The number of nitrogens with zero attached hydrogens (tertiary/aromatic N) is 3. The minimum absolute atomic E-state index is 0.0577. The first-order valence-corrected chi connectivity index (χ1v) is 8.52. The number of carbonyl (C=O) groups excluding carboxylic acids is 1. The molecule has 114 valence electrons. The molecule has 3 aliphatic heterocycles. The lowest BCUT2D eigenvalue weighted by atomic mass is 9.86. The van der Waals surface area contributed by atoms with Crippen molar-refractivity contribution in [3.05, 3.63) is 35.7 Å². The molecule has 0 aliphatic carbocycles. The van der Waals surface area contributed by atoms with Crippen LogP contribution in [0.3, 0.4) is 0 Å². The van der Waals surface area contributed by atoms with Gasteiger partial charge in [-0.1, -0.05) is 6.07 Å². The van der Waals surface area contributed by atoms with E-state index in [-0.39, 0.29) is 12.1 Å². The highest BCUT2D eigenvalue weighted by Crippen LogP contribution is 2.31. The third kappa shape index (κ3) is 2.64. The van der Waals surface area contributed by atoms with Crippen LogP contribution in [-0.2, 0) is 0 Å². The fraction of sp³-hybridized carbons (Fsp3) is 0.438. The maximum absolute atomic E-state index is 12.4. The molecule has 3 saturated heterocycles. The van der Waals surface area contributed by atoms with E-state index >= 15 is 0 Å². The van der Waals surface area contributed by atoms with Crippen molar-refractivity contribution in [1.29, 1.82) is 0 Å². The average molecular weight is 314 g/mol. The predicted molar refractivity (Wildman–Crippen MR) is 85.5 cm³/mol. The van der Waals surface area contributed by atoms with E-state index in [1.807, 2.05) is 12.1 Å². The molecule has 2 bridgehead atoms. The Bertz CT molecular complexity index is 664. The SMILES string of the molecule is O=C(NC1CC2CCN1CC2)c1ncc(-c2cccnc2)s1. The fourth-order valence-corrected chi connectivity index (χ4v) is 4.16. The largest absolute Gasteiger partial charge is 0.334 e. The highest BCUT2D eigenvalue weighted by molar-refractivity contribution is 7.16. The van der Waals surface area contributed by atoms with E-state index in [0.29, 0.717) is 5.01 Å². The molecule has 0 saturated carbocycles. The van der Waals surface area contributed by atoms with Gasteiger partial charge in [0.15, 0.2) is 5.01 Å². The highest BCUT2D eigenvalue weighted by Gasteiger charge is 2.34. The van der Waals surface area contributed by atoms with Crippen molar-refractivity contribution < 1.29 is 4.79 Å². The van der Waals surface area contributed by atoms with E-state index in [4.69, 9.17) is 0 Å². The summed E-state index contributed by atoms with van der Waals surface area (Å²) in [6, 6.07) is 3.87. The maximum Gasteiger partial charge on any atom is 0.281 e. The van der Waals surface area contributed by atoms with Crippen molar-refractivity contribution in [3.8, 4) is 10.4 Å². The number of amides is 1. The first-order valence-electron chi connectivity index (χ1n) is 7.71. The van der Waals surface area contributed by atoms with Gasteiger partial charge >= 0.3 is 0 Å². The molecule has 3 fully saturated rings. The second-order valence-electron chi connectivity index (χ2n) is 5.98. The molecule has 1 atom stereocenters. The Morgan fingerprint density at radius 2 is 2.18 bits per heavy atom. The van der Waals surface area contributed by atoms with Crippen LogP contribution in [0.2, 0.25) is 0 Å². The number of pyridine rings is 1. The number of nitrogens with one attached hydrogen (secondary N) is 1. The third-order valence-electron chi connectivity index (χ3n) is 4.59. The van der Waals surface area contributed by atoms with Crippen LogP contribution in [0.1, 0.15) is 29.1 Å². The van der Waals surface area contributed by atoms with E-state index in [2.05, 4.69) is 20.2 Å². The van der Waals surface area contributed by atoms with Gasteiger partial charge in [-0.3, -0.25) is 14.7 Å². The molecule has 6 heteroatoms. The summed E-state index contributed by atoms with van der Waals surface area (Å²) >= 11 is 1.42. The van der Waals surface area contributed by atoms with Crippen molar-refractivity contribution in [2.75, 3.05) is 13.1 Å². The molecule has 0 aromatic carbocycles. The Hall–Kier alpha value is -1.79. The van der Waals surface area contributed by atoms with Gasteiger partial charge < -0.3 is 5.32 Å². The molecule has 22 heavy (non-hydrogen) atoms. The van der Waals surface area contributed by atoms with Crippen molar-refractivity contribution in [1.82, 2.24) is 20.2 Å². The van der Waals surface area contributed by atoms with Gasteiger partial charge in [-0.2, -0.15) is 0 Å². The summed E-state index contributed by atoms with van der Waals surface area (Å²) in [6.45, 7) is 2.21. The Morgan fingerprint density at radius 1 is 1.32 bits per heavy atom. The summed E-state index contributed by atoms with van der Waals surface area (Å²) < 4.78 is 0. The number of thiazole rings is 1. The van der Waals surface area contributed by atoms with Crippen molar-refractivity contribution in [2.24, 2.45) is 5.92 Å². The zero-order chi connectivity index (χ0) is 14.9. The van der Waals surface area contributed by atoms with Gasteiger partial charge in [0.25, 0.3) is 5.91 Å². The van der Waals surface area contributed by atoms with Crippen LogP contribution in [0, 0.1) is 5.92 Å². The smallest absolute Gasteiger partial charge is 0.281 e. The summed E-state index contributed by atoms with van der Waals surface area (Å²) in [7, 11) is 0. The zero-order valence-electron chi connectivity index (χ0n) is 12.2. The van der Waals surface area contributed by atoms with Crippen LogP contribution >= 0.6 is 11.3 Å². The molecule has 5 nitrogen and oxygen atoms in total. The Morgan fingerprint density at radius 3 is 2.86 bits per heavy atom. The minimum atomic E-state index is -0.0577. The standard InChI is InChI=1S/C16H18N4OS/c21-15(19-14-8-11-3-6-20(14)7-4-11)16-18-10-13(22-16)12-2-1-5-17-9-12/h1-2,5,9-11,14H,3-4,6-8H2,(H,19,21). The number of piperidine rings is 3. The second kappa shape index (κ2) is 5.78. The average Bonchev–Trinajstić information content (AvgIpc) is 3.07. The number of rotatable bonds is 3. The molecular weight excluding hydrogens is 296 g/mol. The van der Waals surface area contributed by atoms with E-state index in [0.717, 1.165) is 35.9 Å². The van der Waals surface area contributed by atoms with Crippen LogP contribution in [0.5, 0.6) is 0 Å². The topological polar surface area (TPSA) is 58.1 Å². The minimum Gasteiger partial charge on any atom is -0.334 e. The van der Waals surface area contributed by atoms with Gasteiger partial charge in [-0.25, -0.2) is 4.98 Å². The number of hydrogen-bond acceptors (Lipinski definition) is 5. The molecule has 5 heterocycles. The molecule has 0 radical (unpaired) electrons. The molecule has 1 amide bonds. The van der Waals surface area contributed by atoms with Crippen LogP contribution in [-0.4, -0.2) is 40.0 Å². The highest BCUT2D eigenvalue weighted by atomic mass is 32.1. The second-order valence-corrected chi connectivity index (χ2v) is 7.01. The van der Waals surface area contributed by atoms with Gasteiger partial charge in [0.05, 0.1) is 11.0 Å². The molecule has 2 aromatic heterocycles. The zero-order valence-corrected chi connectivity index (χ0v) is 13.1. The fourth-order valence-electron chi connectivity index (χ4n) is 3.35. The Kier molecular flexibility index (Phi) is 3.63. The number of carbonyl (C=O) groups is 1. The van der Waals surface area contributed by atoms with Gasteiger partial charge in [-0.15, -0.1) is 11.3 Å². The van der Waals surface area contributed by atoms with Crippen LogP contribution in [0.4, 0.5) is 0 Å². The number of fused-ring (bicyclic) bond motifs is 3. The Labute approximate surface area is 133 Å². The molecular formula is C16H18N4OS. The molecule has 2 aromatic rings. The lowest BCUT2D eigenvalue weighted by Crippen LogP contribution is -2.56. The normalized spacial score (nSPS) is 26.8. The lowest BCUT2D eigenvalue weighted by Gasteiger charge is -2.45. The summed E-state index contributed by atoms with van der Waals surface area (Å²) in [5.41, 5.74) is 1.000. The Balaban J connectivity index is 1.46. The van der Waals surface area contributed by atoms with E-state index in [1.165, 1.54) is 24.2 Å².